The third-order valence-corrected chi connectivity index (χ3v) is 3.64. The number of aromatic nitrogens is 2. The Morgan fingerprint density at radius 1 is 1.41 bits per heavy atom. The third kappa shape index (κ3) is 2.34. The summed E-state index contributed by atoms with van der Waals surface area (Å²) in [6, 6.07) is 4.73. The molecule has 0 amide bonds. The predicted octanol–water partition coefficient (Wildman–Crippen LogP) is 1.45. The Morgan fingerprint density at radius 2 is 2.18 bits per heavy atom. The van der Waals surface area contributed by atoms with E-state index >= 15 is 0 Å². The Labute approximate surface area is 103 Å². The summed E-state index contributed by atoms with van der Waals surface area (Å²) in [6.45, 7) is 0. The van der Waals surface area contributed by atoms with Gasteiger partial charge in [-0.05, 0) is 12.1 Å². The number of hydrogen-bond donors (Lipinski definition) is 3. The maximum Gasteiger partial charge on any atom is 0.279 e. The van der Waals surface area contributed by atoms with E-state index in [9.17, 15) is 8.42 Å². The fourth-order valence-electron chi connectivity index (χ4n) is 1.23. The Hall–Kier alpha value is -1.73. The molecule has 2 aromatic rings. The van der Waals surface area contributed by atoms with E-state index in [4.69, 9.17) is 17.3 Å². The first-order valence-electron chi connectivity index (χ1n) is 4.56. The first kappa shape index (κ1) is 11.7. The second-order valence-electron chi connectivity index (χ2n) is 3.23. The van der Waals surface area contributed by atoms with Crippen LogP contribution in [0.2, 0.25) is 5.02 Å². The van der Waals surface area contributed by atoms with E-state index in [2.05, 4.69) is 14.7 Å². The van der Waals surface area contributed by atoms with E-state index in [-0.39, 0.29) is 21.4 Å². The van der Waals surface area contributed by atoms with Gasteiger partial charge in [0.1, 0.15) is 0 Å². The summed E-state index contributed by atoms with van der Waals surface area (Å²) in [7, 11) is -3.75. The van der Waals surface area contributed by atoms with Gasteiger partial charge in [-0.15, -0.1) is 0 Å². The Kier molecular flexibility index (Phi) is 2.95. The molecule has 0 radical (unpaired) electrons. The Balaban J connectivity index is 2.40. The molecular weight excluding hydrogens is 264 g/mol. The summed E-state index contributed by atoms with van der Waals surface area (Å²) in [5, 5.41) is 0.171. The molecule has 0 saturated heterocycles. The number of anilines is 2. The number of para-hydroxylation sites is 1. The molecule has 0 saturated carbocycles. The van der Waals surface area contributed by atoms with E-state index < -0.39 is 10.0 Å². The average Bonchev–Trinajstić information content (AvgIpc) is 2.77. The van der Waals surface area contributed by atoms with Crippen LogP contribution in [0.3, 0.4) is 0 Å². The quantitative estimate of drug-likeness (QED) is 0.736. The number of hydrogen-bond acceptors (Lipinski definition) is 4. The lowest BCUT2D eigenvalue weighted by Gasteiger charge is -2.10. The zero-order chi connectivity index (χ0) is 12.5. The van der Waals surface area contributed by atoms with Crippen LogP contribution in [-0.4, -0.2) is 18.4 Å². The van der Waals surface area contributed by atoms with Crippen LogP contribution in [0.4, 0.5) is 11.4 Å². The van der Waals surface area contributed by atoms with Crippen LogP contribution in [0.25, 0.3) is 0 Å². The van der Waals surface area contributed by atoms with Crippen molar-refractivity contribution in [2.24, 2.45) is 0 Å². The lowest BCUT2D eigenvalue weighted by molar-refractivity contribution is 0.598. The highest BCUT2D eigenvalue weighted by Crippen LogP contribution is 2.29. The number of H-pyrrole nitrogens is 1. The lowest BCUT2D eigenvalue weighted by atomic mass is 10.3. The molecule has 0 fully saturated rings. The molecule has 0 spiro atoms. The molecule has 0 bridgehead atoms. The topological polar surface area (TPSA) is 101 Å². The summed E-state index contributed by atoms with van der Waals surface area (Å²) in [5.74, 6) is 0. The van der Waals surface area contributed by atoms with Crippen molar-refractivity contribution < 1.29 is 8.42 Å². The fourth-order valence-corrected chi connectivity index (χ4v) is 2.53. The van der Waals surface area contributed by atoms with E-state index in [0.29, 0.717) is 0 Å². The normalized spacial score (nSPS) is 11.4. The molecule has 0 aliphatic carbocycles. The van der Waals surface area contributed by atoms with E-state index in [1.54, 1.807) is 18.2 Å². The minimum absolute atomic E-state index is 0.0585. The molecular formula is C9H9ClN4O2S. The number of benzene rings is 1. The Bertz CT molecular complexity index is 604. The zero-order valence-electron chi connectivity index (χ0n) is 8.51. The number of halogens is 1. The summed E-state index contributed by atoms with van der Waals surface area (Å²) in [6.07, 6.45) is 2.46. The molecule has 1 aromatic carbocycles. The van der Waals surface area contributed by atoms with Crippen LogP contribution < -0.4 is 10.5 Å². The second kappa shape index (κ2) is 4.27. The molecule has 0 aliphatic heterocycles. The number of nitrogens with two attached hydrogens (primary N) is 1. The van der Waals surface area contributed by atoms with Gasteiger partial charge in [0.15, 0.2) is 5.03 Å². The highest BCUT2D eigenvalue weighted by atomic mass is 35.5. The van der Waals surface area contributed by atoms with Crippen LogP contribution >= 0.6 is 11.6 Å². The number of nitrogens with one attached hydrogen (secondary N) is 2. The molecule has 4 N–H and O–H groups in total. The Morgan fingerprint density at radius 3 is 2.76 bits per heavy atom. The number of imidazole rings is 1. The SMILES string of the molecule is Nc1cccc(Cl)c1NS(=O)(=O)c1cnc[nH]1. The number of nitrogen functional groups attached to an aromatic ring is 1. The third-order valence-electron chi connectivity index (χ3n) is 2.04. The van der Waals surface area contributed by atoms with Gasteiger partial charge in [0.05, 0.1) is 28.9 Å². The second-order valence-corrected chi connectivity index (χ2v) is 5.28. The van der Waals surface area contributed by atoms with Crippen LogP contribution in [0, 0.1) is 0 Å². The van der Waals surface area contributed by atoms with Crippen molar-refractivity contribution in [3.05, 3.63) is 35.7 Å². The molecule has 2 rings (SSSR count). The lowest BCUT2D eigenvalue weighted by Crippen LogP contribution is -2.14. The molecule has 0 atom stereocenters. The van der Waals surface area contributed by atoms with Gasteiger partial charge in [0.2, 0.25) is 0 Å². The van der Waals surface area contributed by atoms with Crippen LogP contribution in [0.15, 0.2) is 35.7 Å². The minimum Gasteiger partial charge on any atom is -0.397 e. The van der Waals surface area contributed by atoms with Crippen molar-refractivity contribution in [1.82, 2.24) is 9.97 Å². The highest BCUT2D eigenvalue weighted by molar-refractivity contribution is 7.92. The van der Waals surface area contributed by atoms with Gasteiger partial charge in [-0.2, -0.15) is 8.42 Å². The van der Waals surface area contributed by atoms with E-state index in [1.165, 1.54) is 12.5 Å². The van der Waals surface area contributed by atoms with Gasteiger partial charge < -0.3 is 10.7 Å². The molecule has 0 aliphatic rings. The number of nitrogens with zero attached hydrogens (tertiary/aromatic N) is 1. The summed E-state index contributed by atoms with van der Waals surface area (Å²) >= 11 is 5.86. The smallest absolute Gasteiger partial charge is 0.279 e. The highest BCUT2D eigenvalue weighted by Gasteiger charge is 2.18. The van der Waals surface area contributed by atoms with Crippen molar-refractivity contribution in [3.8, 4) is 0 Å². The van der Waals surface area contributed by atoms with Crippen molar-refractivity contribution in [2.75, 3.05) is 10.5 Å². The maximum absolute atomic E-state index is 11.9. The maximum atomic E-state index is 11.9. The van der Waals surface area contributed by atoms with Crippen molar-refractivity contribution in [1.29, 1.82) is 0 Å². The van der Waals surface area contributed by atoms with Gasteiger partial charge in [0, 0.05) is 0 Å². The fraction of sp³-hybridized carbons (Fsp3) is 0. The largest absolute Gasteiger partial charge is 0.397 e. The number of rotatable bonds is 3. The molecule has 17 heavy (non-hydrogen) atoms. The molecule has 8 heteroatoms. The predicted molar refractivity (Wildman–Crippen MR) is 65.3 cm³/mol. The van der Waals surface area contributed by atoms with E-state index in [1.807, 2.05) is 0 Å². The minimum atomic E-state index is -3.75. The number of sulfonamides is 1. The molecule has 0 unspecified atom stereocenters. The standard InChI is InChI=1S/C9H9ClN4O2S/c10-6-2-1-3-7(11)9(6)14-17(15,16)8-4-12-5-13-8/h1-5,14H,11H2,(H,12,13). The first-order valence-corrected chi connectivity index (χ1v) is 6.42. The van der Waals surface area contributed by atoms with Gasteiger partial charge in [-0.25, -0.2) is 4.98 Å². The monoisotopic (exact) mass is 272 g/mol. The summed E-state index contributed by atoms with van der Waals surface area (Å²) < 4.78 is 26.0. The molecule has 1 heterocycles. The summed E-state index contributed by atoms with van der Waals surface area (Å²) in [5.41, 5.74) is 6.05. The zero-order valence-corrected chi connectivity index (χ0v) is 10.1. The van der Waals surface area contributed by atoms with Crippen molar-refractivity contribution in [2.45, 2.75) is 5.03 Å². The van der Waals surface area contributed by atoms with Gasteiger partial charge >= 0.3 is 0 Å². The number of aromatic amines is 1. The van der Waals surface area contributed by atoms with Crippen LogP contribution in [0.1, 0.15) is 0 Å². The van der Waals surface area contributed by atoms with Gasteiger partial charge in [0.25, 0.3) is 10.0 Å². The van der Waals surface area contributed by atoms with Crippen LogP contribution in [-0.2, 0) is 10.0 Å². The molecule has 6 nitrogen and oxygen atoms in total. The summed E-state index contributed by atoms with van der Waals surface area (Å²) in [4.78, 5) is 6.13. The van der Waals surface area contributed by atoms with Crippen molar-refractivity contribution >= 4 is 33.0 Å². The molecule has 90 valence electrons. The first-order chi connectivity index (χ1) is 8.00. The van der Waals surface area contributed by atoms with Crippen LogP contribution in [0.5, 0.6) is 0 Å². The average molecular weight is 273 g/mol. The molecule has 1 aromatic heterocycles. The van der Waals surface area contributed by atoms with E-state index in [0.717, 1.165) is 0 Å². The van der Waals surface area contributed by atoms with Crippen molar-refractivity contribution in [3.63, 3.8) is 0 Å². The van der Waals surface area contributed by atoms with Gasteiger partial charge in [-0.1, -0.05) is 17.7 Å². The van der Waals surface area contributed by atoms with Gasteiger partial charge in [-0.3, -0.25) is 4.72 Å².